The van der Waals surface area contributed by atoms with Gasteiger partial charge in [0.25, 0.3) is 0 Å². The molecule has 3 nitrogen and oxygen atoms in total. The van der Waals surface area contributed by atoms with Gasteiger partial charge in [0.05, 0.1) is 12.8 Å². The number of hydrogen-bond acceptors (Lipinski definition) is 3. The van der Waals surface area contributed by atoms with Gasteiger partial charge in [-0.05, 0) is 48.8 Å². The van der Waals surface area contributed by atoms with E-state index in [0.717, 1.165) is 25.7 Å². The van der Waals surface area contributed by atoms with Gasteiger partial charge in [0, 0.05) is 0 Å². The summed E-state index contributed by atoms with van der Waals surface area (Å²) in [5.74, 6) is 1.75. The smallest absolute Gasteiger partial charge is 0.379 e. The van der Waals surface area contributed by atoms with Gasteiger partial charge in [-0.3, -0.25) is 4.52 Å². The topological polar surface area (TPSA) is 35.5 Å². The van der Waals surface area contributed by atoms with Crippen LogP contribution in [0.15, 0.2) is 24.3 Å². The molecule has 1 aromatic carbocycles. The molecule has 0 heterocycles. The van der Waals surface area contributed by atoms with E-state index in [1.54, 1.807) is 0 Å². The molecular weight excluding hydrogens is 307 g/mol. The summed E-state index contributed by atoms with van der Waals surface area (Å²) >= 11 is 0. The minimum atomic E-state index is -3.06. The first-order valence-corrected chi connectivity index (χ1v) is 10.6. The van der Waals surface area contributed by atoms with Crippen LogP contribution >= 0.6 is 7.60 Å². The lowest BCUT2D eigenvalue weighted by molar-refractivity contribution is 0.253. The predicted molar refractivity (Wildman–Crippen MR) is 98.6 cm³/mol. The molecule has 0 amide bonds. The normalized spacial score (nSPS) is 14.2. The summed E-state index contributed by atoms with van der Waals surface area (Å²) in [4.78, 5) is 0. The highest BCUT2D eigenvalue weighted by Gasteiger charge is 2.25. The third kappa shape index (κ3) is 8.04. The van der Waals surface area contributed by atoms with Gasteiger partial charge < -0.3 is 4.52 Å². The van der Waals surface area contributed by atoms with Crippen molar-refractivity contribution in [1.82, 2.24) is 0 Å². The Balaban J connectivity index is 2.66. The van der Waals surface area contributed by atoms with Crippen LogP contribution in [0.25, 0.3) is 0 Å². The van der Waals surface area contributed by atoms with E-state index >= 15 is 0 Å². The Morgan fingerprint density at radius 2 is 1.70 bits per heavy atom. The van der Waals surface area contributed by atoms with E-state index in [4.69, 9.17) is 9.05 Å². The van der Waals surface area contributed by atoms with Crippen LogP contribution in [-0.4, -0.2) is 12.8 Å². The van der Waals surface area contributed by atoms with Crippen molar-refractivity contribution in [2.75, 3.05) is 12.8 Å². The van der Waals surface area contributed by atoms with E-state index in [1.807, 2.05) is 24.3 Å². The monoisotopic (exact) mass is 340 g/mol. The van der Waals surface area contributed by atoms with Crippen LogP contribution in [0.2, 0.25) is 0 Å². The number of hydrogen-bond donors (Lipinski definition) is 0. The minimum Gasteiger partial charge on any atom is -0.424 e. The molecule has 4 heteroatoms. The number of unbranched alkanes of at least 4 members (excludes halogenated alkanes) is 1. The summed E-state index contributed by atoms with van der Waals surface area (Å²) in [6.45, 7) is 11.3. The molecule has 1 rings (SSSR count). The summed E-state index contributed by atoms with van der Waals surface area (Å²) in [6.07, 6.45) is 4.32. The van der Waals surface area contributed by atoms with Crippen molar-refractivity contribution in [2.45, 2.75) is 66.2 Å². The second-order valence-corrected chi connectivity index (χ2v) is 8.98. The van der Waals surface area contributed by atoms with Crippen LogP contribution in [0, 0.1) is 5.92 Å². The molecule has 1 unspecified atom stereocenters. The van der Waals surface area contributed by atoms with Crippen molar-refractivity contribution in [3.05, 3.63) is 29.8 Å². The highest BCUT2D eigenvalue weighted by molar-refractivity contribution is 7.54. The van der Waals surface area contributed by atoms with Gasteiger partial charge in [-0.2, -0.15) is 0 Å². The second-order valence-electron chi connectivity index (χ2n) is 6.87. The van der Waals surface area contributed by atoms with E-state index in [9.17, 15) is 4.57 Å². The lowest BCUT2D eigenvalue weighted by Crippen LogP contribution is -2.05. The highest BCUT2D eigenvalue weighted by atomic mass is 31.2. The number of rotatable bonds is 11. The Kier molecular flexibility index (Phi) is 8.94. The first-order valence-electron chi connectivity index (χ1n) is 8.89. The summed E-state index contributed by atoms with van der Waals surface area (Å²) in [6, 6.07) is 7.85. The summed E-state index contributed by atoms with van der Waals surface area (Å²) in [5, 5.41) is 0. The van der Waals surface area contributed by atoms with Gasteiger partial charge in [-0.15, -0.1) is 0 Å². The quantitative estimate of drug-likeness (QED) is 0.335. The van der Waals surface area contributed by atoms with Gasteiger partial charge in [0.2, 0.25) is 0 Å². The van der Waals surface area contributed by atoms with E-state index < -0.39 is 7.60 Å². The SMILES string of the molecule is CCCCP(=O)(OCCCC(C)C)Oc1ccc(C(C)C)cc1. The molecular formula is C19H33O3P. The van der Waals surface area contributed by atoms with Gasteiger partial charge >= 0.3 is 7.60 Å². The Bertz CT molecular complexity index is 480. The third-order valence-corrected chi connectivity index (χ3v) is 5.72. The molecule has 0 N–H and O–H groups in total. The van der Waals surface area contributed by atoms with Gasteiger partial charge in [-0.25, -0.2) is 4.57 Å². The lowest BCUT2D eigenvalue weighted by atomic mass is 10.0. The zero-order chi connectivity index (χ0) is 17.3. The Morgan fingerprint density at radius 1 is 1.04 bits per heavy atom. The van der Waals surface area contributed by atoms with Crippen molar-refractivity contribution in [3.63, 3.8) is 0 Å². The standard InChI is InChI=1S/C19H33O3P/c1-6-7-15-23(20,21-14-8-9-16(2)3)22-19-12-10-18(11-13-19)17(4)5/h10-13,16-17H,6-9,14-15H2,1-5H3. The van der Waals surface area contributed by atoms with Crippen molar-refractivity contribution in [1.29, 1.82) is 0 Å². The van der Waals surface area contributed by atoms with E-state index in [-0.39, 0.29) is 0 Å². The van der Waals surface area contributed by atoms with Crippen molar-refractivity contribution < 1.29 is 13.6 Å². The average molecular weight is 340 g/mol. The van der Waals surface area contributed by atoms with E-state index in [0.29, 0.717) is 30.4 Å². The molecule has 0 radical (unpaired) electrons. The Labute approximate surface area is 142 Å². The Hall–Kier alpha value is -0.790. The van der Waals surface area contributed by atoms with Crippen molar-refractivity contribution in [2.24, 2.45) is 5.92 Å². The maximum atomic E-state index is 13.0. The van der Waals surface area contributed by atoms with Gasteiger partial charge in [0.1, 0.15) is 5.75 Å². The zero-order valence-corrected chi connectivity index (χ0v) is 16.3. The summed E-state index contributed by atoms with van der Waals surface area (Å²) < 4.78 is 24.4. The average Bonchev–Trinajstić information content (AvgIpc) is 2.50. The van der Waals surface area contributed by atoms with Crippen LogP contribution < -0.4 is 4.52 Å². The fourth-order valence-corrected chi connectivity index (χ4v) is 4.08. The molecule has 1 atom stereocenters. The summed E-state index contributed by atoms with van der Waals surface area (Å²) in [5.41, 5.74) is 1.25. The molecule has 0 saturated carbocycles. The van der Waals surface area contributed by atoms with Gasteiger partial charge in [-0.1, -0.05) is 53.2 Å². The van der Waals surface area contributed by atoms with Crippen LogP contribution in [0.3, 0.4) is 0 Å². The van der Waals surface area contributed by atoms with Crippen molar-refractivity contribution >= 4 is 7.60 Å². The molecule has 0 fully saturated rings. The first-order chi connectivity index (χ1) is 10.9. The van der Waals surface area contributed by atoms with Crippen LogP contribution in [0.5, 0.6) is 5.75 Å². The first kappa shape index (κ1) is 20.3. The van der Waals surface area contributed by atoms with Crippen LogP contribution in [0.4, 0.5) is 0 Å². The Morgan fingerprint density at radius 3 is 2.22 bits per heavy atom. The fraction of sp³-hybridized carbons (Fsp3) is 0.684. The molecule has 0 bridgehead atoms. The molecule has 0 aliphatic rings. The fourth-order valence-electron chi connectivity index (χ4n) is 2.26. The van der Waals surface area contributed by atoms with E-state index in [2.05, 4.69) is 34.6 Å². The highest BCUT2D eigenvalue weighted by Crippen LogP contribution is 2.49. The lowest BCUT2D eigenvalue weighted by Gasteiger charge is -2.20. The second kappa shape index (κ2) is 10.2. The molecule has 23 heavy (non-hydrogen) atoms. The molecule has 0 aliphatic heterocycles. The number of benzene rings is 1. The molecule has 132 valence electrons. The zero-order valence-electron chi connectivity index (χ0n) is 15.4. The van der Waals surface area contributed by atoms with Crippen LogP contribution in [0.1, 0.15) is 71.8 Å². The van der Waals surface area contributed by atoms with Gasteiger partial charge in [0.15, 0.2) is 0 Å². The summed E-state index contributed by atoms with van der Waals surface area (Å²) in [7, 11) is -3.06. The minimum absolute atomic E-state index is 0.475. The van der Waals surface area contributed by atoms with Crippen molar-refractivity contribution in [3.8, 4) is 5.75 Å². The maximum absolute atomic E-state index is 13.0. The molecule has 0 aromatic heterocycles. The predicted octanol–water partition coefficient (Wildman–Crippen LogP) is 6.63. The third-order valence-electron chi connectivity index (χ3n) is 3.79. The van der Waals surface area contributed by atoms with E-state index in [1.165, 1.54) is 5.56 Å². The molecule has 0 aliphatic carbocycles. The molecule has 0 saturated heterocycles. The molecule has 1 aromatic rings. The largest absolute Gasteiger partial charge is 0.424 e. The molecule has 0 spiro atoms. The maximum Gasteiger partial charge on any atom is 0.379 e. The van der Waals surface area contributed by atoms with Crippen LogP contribution in [-0.2, 0) is 9.09 Å².